The molecule has 0 bridgehead atoms. The first-order valence-electron chi connectivity index (χ1n) is 7.93. The first kappa shape index (κ1) is 13.5. The van der Waals surface area contributed by atoms with Gasteiger partial charge in [0.05, 0.1) is 17.6 Å². The summed E-state index contributed by atoms with van der Waals surface area (Å²) in [6.45, 7) is 4.86. The zero-order valence-corrected chi connectivity index (χ0v) is 13.3. The van der Waals surface area contributed by atoms with Crippen LogP contribution in [-0.4, -0.2) is 35.3 Å². The summed E-state index contributed by atoms with van der Waals surface area (Å²) in [6, 6.07) is 2.16. The maximum atomic E-state index is 6.15. The normalized spacial score (nSPS) is 21.5. The van der Waals surface area contributed by atoms with Gasteiger partial charge in [-0.15, -0.1) is 11.3 Å². The number of rotatable bonds is 2. The van der Waals surface area contributed by atoms with Crippen LogP contribution in [0.2, 0.25) is 0 Å². The molecule has 21 heavy (non-hydrogen) atoms. The average Bonchev–Trinajstić information content (AvgIpc) is 3.15. The van der Waals surface area contributed by atoms with Gasteiger partial charge in [0.15, 0.2) is 0 Å². The van der Waals surface area contributed by atoms with Crippen molar-refractivity contribution in [3.05, 3.63) is 17.3 Å². The van der Waals surface area contributed by atoms with Gasteiger partial charge in [-0.2, -0.15) is 0 Å². The number of nitrogens with zero attached hydrogens (tertiary/aromatic N) is 3. The molecule has 2 aromatic heterocycles. The van der Waals surface area contributed by atoms with E-state index in [4.69, 9.17) is 9.72 Å². The first-order chi connectivity index (χ1) is 10.3. The molecule has 2 fully saturated rings. The van der Waals surface area contributed by atoms with E-state index in [0.717, 1.165) is 42.6 Å². The molecule has 3 heterocycles. The lowest BCUT2D eigenvalue weighted by Crippen LogP contribution is -2.50. The van der Waals surface area contributed by atoms with Crippen LogP contribution < -0.4 is 4.90 Å². The molecule has 0 N–H and O–H groups in total. The van der Waals surface area contributed by atoms with Gasteiger partial charge in [0.2, 0.25) is 0 Å². The van der Waals surface area contributed by atoms with E-state index in [1.165, 1.54) is 31.1 Å². The van der Waals surface area contributed by atoms with Crippen LogP contribution in [0.3, 0.4) is 0 Å². The first-order valence-corrected chi connectivity index (χ1v) is 8.81. The van der Waals surface area contributed by atoms with E-state index in [1.54, 1.807) is 11.3 Å². The van der Waals surface area contributed by atoms with Gasteiger partial charge >= 0.3 is 0 Å². The fourth-order valence-electron chi connectivity index (χ4n) is 3.63. The van der Waals surface area contributed by atoms with Crippen molar-refractivity contribution in [3.8, 4) is 0 Å². The van der Waals surface area contributed by atoms with Crippen LogP contribution in [0.25, 0.3) is 10.2 Å². The molecule has 4 nitrogen and oxygen atoms in total. The average molecular weight is 303 g/mol. The SMILES string of the molecule is CCc1nc(N2CCOC3(CCCC3)C2)c2ccsc2n1. The molecule has 112 valence electrons. The maximum Gasteiger partial charge on any atom is 0.141 e. The number of hydrogen-bond donors (Lipinski definition) is 0. The fraction of sp³-hybridized carbons (Fsp3) is 0.625. The summed E-state index contributed by atoms with van der Waals surface area (Å²) in [5.41, 5.74) is 0.0813. The monoisotopic (exact) mass is 303 g/mol. The number of morpholine rings is 1. The molecule has 2 aliphatic rings. The highest BCUT2D eigenvalue weighted by Gasteiger charge is 2.40. The van der Waals surface area contributed by atoms with E-state index in [2.05, 4.69) is 28.3 Å². The predicted molar refractivity (Wildman–Crippen MR) is 86.2 cm³/mol. The van der Waals surface area contributed by atoms with Crippen molar-refractivity contribution in [3.63, 3.8) is 0 Å². The molecule has 0 aromatic carbocycles. The Morgan fingerprint density at radius 2 is 2.19 bits per heavy atom. The third kappa shape index (κ3) is 2.32. The Balaban J connectivity index is 1.73. The molecule has 2 aromatic rings. The lowest BCUT2D eigenvalue weighted by atomic mass is 9.99. The minimum Gasteiger partial charge on any atom is -0.371 e. The third-order valence-corrected chi connectivity index (χ3v) is 5.54. The van der Waals surface area contributed by atoms with Crippen LogP contribution in [0.5, 0.6) is 0 Å². The summed E-state index contributed by atoms with van der Waals surface area (Å²) >= 11 is 1.71. The topological polar surface area (TPSA) is 38.2 Å². The number of ether oxygens (including phenoxy) is 1. The molecule has 1 aliphatic heterocycles. The van der Waals surface area contributed by atoms with E-state index >= 15 is 0 Å². The van der Waals surface area contributed by atoms with Crippen molar-refractivity contribution in [1.82, 2.24) is 9.97 Å². The van der Waals surface area contributed by atoms with Crippen LogP contribution in [0.1, 0.15) is 38.4 Å². The Bertz CT molecular complexity index is 648. The smallest absolute Gasteiger partial charge is 0.141 e. The van der Waals surface area contributed by atoms with Gasteiger partial charge in [-0.3, -0.25) is 0 Å². The second-order valence-electron chi connectivity index (χ2n) is 6.12. The molecule has 0 atom stereocenters. The molecule has 5 heteroatoms. The van der Waals surface area contributed by atoms with Gasteiger partial charge in [0, 0.05) is 19.5 Å². The second-order valence-corrected chi connectivity index (χ2v) is 7.01. The largest absolute Gasteiger partial charge is 0.371 e. The van der Waals surface area contributed by atoms with Crippen LogP contribution in [-0.2, 0) is 11.2 Å². The summed E-state index contributed by atoms with van der Waals surface area (Å²) in [4.78, 5) is 13.0. The van der Waals surface area contributed by atoms with Crippen molar-refractivity contribution >= 4 is 27.4 Å². The van der Waals surface area contributed by atoms with E-state index in [-0.39, 0.29) is 5.60 Å². The van der Waals surface area contributed by atoms with Gasteiger partial charge in [-0.25, -0.2) is 9.97 Å². The Morgan fingerprint density at radius 1 is 1.33 bits per heavy atom. The zero-order chi connectivity index (χ0) is 14.3. The minimum atomic E-state index is 0.0813. The van der Waals surface area contributed by atoms with Gasteiger partial charge < -0.3 is 9.64 Å². The van der Waals surface area contributed by atoms with Crippen molar-refractivity contribution in [2.24, 2.45) is 0 Å². The number of thiophene rings is 1. The summed E-state index contributed by atoms with van der Waals surface area (Å²) in [6.07, 6.45) is 5.87. The number of fused-ring (bicyclic) bond motifs is 1. The van der Waals surface area contributed by atoms with Crippen molar-refractivity contribution in [1.29, 1.82) is 0 Å². The molecule has 1 saturated heterocycles. The number of aromatic nitrogens is 2. The van der Waals surface area contributed by atoms with Crippen LogP contribution in [0.15, 0.2) is 11.4 Å². The molecular formula is C16H21N3OS. The third-order valence-electron chi connectivity index (χ3n) is 4.73. The molecular weight excluding hydrogens is 282 g/mol. The minimum absolute atomic E-state index is 0.0813. The Morgan fingerprint density at radius 3 is 3.00 bits per heavy atom. The standard InChI is InChI=1S/C16H21N3OS/c1-2-13-17-14(12-5-10-21-15(12)18-13)19-8-9-20-16(11-19)6-3-4-7-16/h5,10H,2-4,6-9,11H2,1H3. The number of aryl methyl sites for hydroxylation is 1. The quantitative estimate of drug-likeness (QED) is 0.852. The summed E-state index contributed by atoms with van der Waals surface area (Å²) in [5.74, 6) is 2.07. The Kier molecular flexibility index (Phi) is 3.34. The van der Waals surface area contributed by atoms with Gasteiger partial charge in [-0.1, -0.05) is 19.8 Å². The molecule has 1 spiro atoms. The van der Waals surface area contributed by atoms with Crippen LogP contribution in [0.4, 0.5) is 5.82 Å². The summed E-state index contributed by atoms with van der Waals surface area (Å²) in [5, 5.41) is 3.32. The predicted octanol–water partition coefficient (Wildman–Crippen LogP) is 3.40. The van der Waals surface area contributed by atoms with Gasteiger partial charge in [0.25, 0.3) is 0 Å². The highest BCUT2D eigenvalue weighted by Crippen LogP contribution is 2.38. The zero-order valence-electron chi connectivity index (χ0n) is 12.5. The van der Waals surface area contributed by atoms with Crippen LogP contribution in [0, 0.1) is 0 Å². The molecule has 1 saturated carbocycles. The van der Waals surface area contributed by atoms with Crippen molar-refractivity contribution in [2.45, 2.75) is 44.6 Å². The highest BCUT2D eigenvalue weighted by molar-refractivity contribution is 7.16. The lowest BCUT2D eigenvalue weighted by molar-refractivity contribution is -0.0502. The van der Waals surface area contributed by atoms with E-state index in [0.29, 0.717) is 0 Å². The molecule has 0 amide bonds. The van der Waals surface area contributed by atoms with E-state index in [9.17, 15) is 0 Å². The fourth-order valence-corrected chi connectivity index (χ4v) is 4.41. The summed E-state index contributed by atoms with van der Waals surface area (Å²) < 4.78 is 6.15. The Hall–Kier alpha value is -1.20. The number of anilines is 1. The van der Waals surface area contributed by atoms with Crippen LogP contribution >= 0.6 is 11.3 Å². The summed E-state index contributed by atoms with van der Waals surface area (Å²) in [7, 11) is 0. The van der Waals surface area contributed by atoms with Gasteiger partial charge in [0.1, 0.15) is 16.5 Å². The lowest BCUT2D eigenvalue weighted by Gasteiger charge is -2.41. The molecule has 0 unspecified atom stereocenters. The molecule has 1 aliphatic carbocycles. The molecule has 4 rings (SSSR count). The second kappa shape index (κ2) is 5.21. The van der Waals surface area contributed by atoms with Crippen molar-refractivity contribution < 1.29 is 4.74 Å². The Labute approximate surface area is 129 Å². The van der Waals surface area contributed by atoms with E-state index < -0.39 is 0 Å². The number of hydrogen-bond acceptors (Lipinski definition) is 5. The van der Waals surface area contributed by atoms with E-state index in [1.807, 2.05) is 0 Å². The maximum absolute atomic E-state index is 6.15. The highest BCUT2D eigenvalue weighted by atomic mass is 32.1. The van der Waals surface area contributed by atoms with Crippen molar-refractivity contribution in [2.75, 3.05) is 24.6 Å². The van der Waals surface area contributed by atoms with Gasteiger partial charge in [-0.05, 0) is 24.3 Å². The molecule has 0 radical (unpaired) electrons.